The van der Waals surface area contributed by atoms with Gasteiger partial charge in [0.15, 0.2) is 0 Å². The summed E-state index contributed by atoms with van der Waals surface area (Å²) in [5.74, 6) is -0.899. The zero-order chi connectivity index (χ0) is 31.1. The molecule has 1 unspecified atom stereocenters. The molecule has 0 aliphatic rings. The summed E-state index contributed by atoms with van der Waals surface area (Å²) in [6.07, 6.45) is 0.240. The fraction of sp³-hybridized carbons (Fsp3) is 0.212. The Hall–Kier alpha value is -3.66. The number of likely N-dealkylation sites (N-methyl/N-ethyl adjacent to an activating group) is 1. The van der Waals surface area contributed by atoms with Crippen molar-refractivity contribution in [1.82, 2.24) is 10.2 Å². The molecule has 0 saturated carbocycles. The molecule has 0 saturated heterocycles. The highest BCUT2D eigenvalue weighted by Crippen LogP contribution is 2.30. The minimum atomic E-state index is -4.21. The number of anilines is 1. The molecule has 2 amide bonds. The van der Waals surface area contributed by atoms with E-state index in [-0.39, 0.29) is 29.5 Å². The van der Waals surface area contributed by atoms with Crippen LogP contribution < -0.4 is 9.62 Å². The van der Waals surface area contributed by atoms with E-state index in [9.17, 15) is 18.0 Å². The van der Waals surface area contributed by atoms with Gasteiger partial charge in [-0.05, 0) is 66.9 Å². The normalized spacial score (nSPS) is 11.9. The molecule has 0 aliphatic heterocycles. The van der Waals surface area contributed by atoms with E-state index in [1.165, 1.54) is 30.1 Å². The van der Waals surface area contributed by atoms with E-state index in [4.69, 9.17) is 11.6 Å². The average Bonchev–Trinajstić information content (AvgIpc) is 3.00. The van der Waals surface area contributed by atoms with E-state index < -0.39 is 28.5 Å². The second-order valence-electron chi connectivity index (χ2n) is 10.2. The molecular weight excluding hydrogens is 650 g/mol. The van der Waals surface area contributed by atoms with Crippen molar-refractivity contribution in [3.8, 4) is 0 Å². The lowest BCUT2D eigenvalue weighted by atomic mass is 10.0. The van der Waals surface area contributed by atoms with Gasteiger partial charge >= 0.3 is 0 Å². The number of benzene rings is 4. The van der Waals surface area contributed by atoms with Crippen molar-refractivity contribution in [1.29, 1.82) is 0 Å². The van der Waals surface area contributed by atoms with Crippen molar-refractivity contribution < 1.29 is 18.0 Å². The monoisotopic (exact) mass is 681 g/mol. The van der Waals surface area contributed by atoms with Gasteiger partial charge in [0.2, 0.25) is 11.8 Å². The third kappa shape index (κ3) is 8.04. The number of nitrogens with one attached hydrogen (secondary N) is 1. The largest absolute Gasteiger partial charge is 0.357 e. The number of sulfonamides is 1. The smallest absolute Gasteiger partial charge is 0.264 e. The first-order valence-electron chi connectivity index (χ1n) is 13.6. The Morgan fingerprint density at radius 2 is 1.53 bits per heavy atom. The Kier molecular flexibility index (Phi) is 10.7. The number of hydrogen-bond donors (Lipinski definition) is 1. The van der Waals surface area contributed by atoms with Gasteiger partial charge in [0.1, 0.15) is 12.6 Å². The molecule has 4 rings (SSSR count). The zero-order valence-electron chi connectivity index (χ0n) is 24.1. The highest BCUT2D eigenvalue weighted by Gasteiger charge is 2.34. The van der Waals surface area contributed by atoms with Crippen molar-refractivity contribution in [2.24, 2.45) is 0 Å². The summed E-state index contributed by atoms with van der Waals surface area (Å²) in [7, 11) is -2.69. The van der Waals surface area contributed by atoms with E-state index in [1.807, 2.05) is 61.5 Å². The van der Waals surface area contributed by atoms with Crippen LogP contribution in [0, 0.1) is 13.8 Å². The molecule has 0 radical (unpaired) electrons. The molecule has 7 nitrogen and oxygen atoms in total. The lowest BCUT2D eigenvalue weighted by Gasteiger charge is -2.34. The molecule has 0 aliphatic carbocycles. The molecule has 0 heterocycles. The lowest BCUT2D eigenvalue weighted by Crippen LogP contribution is -2.53. The minimum absolute atomic E-state index is 0.0388. The number of aryl methyl sites for hydroxylation is 2. The molecule has 1 atom stereocenters. The third-order valence-electron chi connectivity index (χ3n) is 7.11. The van der Waals surface area contributed by atoms with Crippen LogP contribution in [0.25, 0.3) is 0 Å². The Balaban J connectivity index is 1.81. The SMILES string of the molecule is CNC(=O)C(Cc1ccccc1)N(Cc1ccc(Br)cc1)C(=O)CN(c1cc(Cl)ccc1C)S(=O)(=O)c1ccc(C)cc1. The highest BCUT2D eigenvalue weighted by atomic mass is 79.9. The first-order valence-corrected chi connectivity index (χ1v) is 16.3. The molecule has 0 aromatic heterocycles. The summed E-state index contributed by atoms with van der Waals surface area (Å²) in [6, 6.07) is 27.3. The first-order chi connectivity index (χ1) is 20.5. The Morgan fingerprint density at radius 1 is 0.884 bits per heavy atom. The van der Waals surface area contributed by atoms with Gasteiger partial charge in [-0.1, -0.05) is 93.8 Å². The predicted octanol–water partition coefficient (Wildman–Crippen LogP) is 6.30. The van der Waals surface area contributed by atoms with Crippen LogP contribution in [0.1, 0.15) is 22.3 Å². The zero-order valence-corrected chi connectivity index (χ0v) is 27.3. The van der Waals surface area contributed by atoms with Crippen LogP contribution in [0.4, 0.5) is 5.69 Å². The summed E-state index contributed by atoms with van der Waals surface area (Å²) in [5.41, 5.74) is 3.45. The van der Waals surface area contributed by atoms with Crippen LogP contribution in [0.15, 0.2) is 106 Å². The quantitative estimate of drug-likeness (QED) is 0.201. The summed E-state index contributed by atoms with van der Waals surface area (Å²) >= 11 is 9.76. The van der Waals surface area contributed by atoms with Gasteiger partial charge in [-0.15, -0.1) is 0 Å². The number of amides is 2. The molecule has 4 aromatic rings. The average molecular weight is 683 g/mol. The molecule has 43 heavy (non-hydrogen) atoms. The Labute approximate surface area is 266 Å². The van der Waals surface area contributed by atoms with E-state index in [1.54, 1.807) is 31.2 Å². The Bertz CT molecular complexity index is 1680. The maximum absolute atomic E-state index is 14.4. The molecule has 1 N–H and O–H groups in total. The number of halogens is 2. The van der Waals surface area contributed by atoms with E-state index >= 15 is 0 Å². The molecule has 224 valence electrons. The van der Waals surface area contributed by atoms with Crippen LogP contribution in [-0.4, -0.2) is 44.8 Å². The molecule has 4 aromatic carbocycles. The maximum Gasteiger partial charge on any atom is 0.264 e. The van der Waals surface area contributed by atoms with Crippen molar-refractivity contribution in [3.63, 3.8) is 0 Å². The topological polar surface area (TPSA) is 86.8 Å². The molecule has 0 bridgehead atoms. The molecular formula is C33H33BrClN3O4S. The van der Waals surface area contributed by atoms with Crippen molar-refractivity contribution in [2.45, 2.75) is 37.8 Å². The van der Waals surface area contributed by atoms with Crippen molar-refractivity contribution >= 4 is 55.1 Å². The third-order valence-corrected chi connectivity index (χ3v) is 9.65. The fourth-order valence-electron chi connectivity index (χ4n) is 4.71. The van der Waals surface area contributed by atoms with E-state index in [2.05, 4.69) is 21.2 Å². The number of rotatable bonds is 11. The van der Waals surface area contributed by atoms with Gasteiger partial charge in [0, 0.05) is 29.5 Å². The van der Waals surface area contributed by atoms with Crippen LogP contribution >= 0.6 is 27.5 Å². The van der Waals surface area contributed by atoms with Crippen LogP contribution in [0.2, 0.25) is 5.02 Å². The number of nitrogens with zero attached hydrogens (tertiary/aromatic N) is 2. The highest BCUT2D eigenvalue weighted by molar-refractivity contribution is 9.10. The maximum atomic E-state index is 14.4. The second kappa shape index (κ2) is 14.2. The van der Waals surface area contributed by atoms with Gasteiger partial charge in [-0.25, -0.2) is 8.42 Å². The summed E-state index contributed by atoms with van der Waals surface area (Å²) < 4.78 is 30.2. The van der Waals surface area contributed by atoms with E-state index in [0.29, 0.717) is 10.6 Å². The molecule has 0 fully saturated rings. The lowest BCUT2D eigenvalue weighted by molar-refractivity contribution is -0.139. The van der Waals surface area contributed by atoms with Gasteiger partial charge < -0.3 is 10.2 Å². The summed E-state index contributed by atoms with van der Waals surface area (Å²) in [4.78, 5) is 29.2. The fourth-order valence-corrected chi connectivity index (χ4v) is 6.61. The second-order valence-corrected chi connectivity index (χ2v) is 13.4. The minimum Gasteiger partial charge on any atom is -0.357 e. The number of carbonyl (C=O) groups excluding carboxylic acids is 2. The van der Waals surface area contributed by atoms with Crippen LogP contribution in [-0.2, 0) is 32.6 Å². The van der Waals surface area contributed by atoms with Crippen molar-refractivity contribution in [2.75, 3.05) is 17.9 Å². The van der Waals surface area contributed by atoms with E-state index in [0.717, 1.165) is 25.5 Å². The summed E-state index contributed by atoms with van der Waals surface area (Å²) in [6.45, 7) is 3.17. The van der Waals surface area contributed by atoms with Gasteiger partial charge in [0.25, 0.3) is 10.0 Å². The molecule has 10 heteroatoms. The van der Waals surface area contributed by atoms with Crippen LogP contribution in [0.3, 0.4) is 0 Å². The standard InChI is InChI=1S/C33H33BrClN3O4S/c1-23-9-17-29(18-10-23)43(41,42)38(30-20-28(35)16-11-24(30)2)22-32(39)37(21-26-12-14-27(34)15-13-26)31(33(40)36-3)19-25-7-5-4-6-8-25/h4-18,20,31H,19,21-22H2,1-3H3,(H,36,40). The van der Waals surface area contributed by atoms with Gasteiger partial charge in [0.05, 0.1) is 10.6 Å². The number of hydrogen-bond acceptors (Lipinski definition) is 4. The van der Waals surface area contributed by atoms with Gasteiger partial charge in [-0.3, -0.25) is 13.9 Å². The van der Waals surface area contributed by atoms with Crippen LogP contribution in [0.5, 0.6) is 0 Å². The first kappa shape index (κ1) is 32.3. The predicted molar refractivity (Wildman–Crippen MR) is 175 cm³/mol. The number of carbonyl (C=O) groups is 2. The Morgan fingerprint density at radius 3 is 2.16 bits per heavy atom. The van der Waals surface area contributed by atoms with Gasteiger partial charge in [-0.2, -0.15) is 0 Å². The van der Waals surface area contributed by atoms with Crippen molar-refractivity contribution in [3.05, 3.63) is 129 Å². The summed E-state index contributed by atoms with van der Waals surface area (Å²) in [5, 5.41) is 3.02. The molecule has 0 spiro atoms.